The van der Waals surface area contributed by atoms with E-state index >= 15 is 0 Å². The van der Waals surface area contributed by atoms with E-state index in [2.05, 4.69) is 22.9 Å². The number of rotatable bonds is 4. The van der Waals surface area contributed by atoms with E-state index in [1.165, 1.54) is 16.5 Å². The lowest BCUT2D eigenvalue weighted by atomic mass is 10.1. The summed E-state index contributed by atoms with van der Waals surface area (Å²) < 4.78 is 2.10. The van der Waals surface area contributed by atoms with E-state index in [0.29, 0.717) is 13.1 Å². The number of hydrogen-bond donors (Lipinski definition) is 2. The molecule has 0 aliphatic rings. The molecule has 0 amide bonds. The summed E-state index contributed by atoms with van der Waals surface area (Å²) >= 11 is 0. The number of aliphatic hydroxyl groups is 1. The van der Waals surface area contributed by atoms with Crippen LogP contribution in [0, 0.1) is 0 Å². The number of nitrogens with two attached hydrogens (primary N) is 1. The van der Waals surface area contributed by atoms with Crippen LogP contribution in [0.3, 0.4) is 0 Å². The molecule has 1 atom stereocenters. The van der Waals surface area contributed by atoms with Crippen LogP contribution in [0.5, 0.6) is 0 Å². The Kier molecular flexibility index (Phi) is 3.27. The lowest BCUT2D eigenvalue weighted by Crippen LogP contribution is -2.10. The second-order valence-electron chi connectivity index (χ2n) is 4.21. The van der Waals surface area contributed by atoms with Gasteiger partial charge in [-0.05, 0) is 31.5 Å². The largest absolute Gasteiger partial charge is 0.392 e. The zero-order valence-electron chi connectivity index (χ0n) is 9.56. The van der Waals surface area contributed by atoms with E-state index in [1.807, 2.05) is 12.1 Å². The molecule has 3 nitrogen and oxygen atoms in total. The zero-order chi connectivity index (χ0) is 11.5. The summed E-state index contributed by atoms with van der Waals surface area (Å²) in [6.07, 6.45) is 2.65. The van der Waals surface area contributed by atoms with Crippen molar-refractivity contribution in [3.63, 3.8) is 0 Å². The molecule has 0 aliphatic carbocycles. The highest BCUT2D eigenvalue weighted by Crippen LogP contribution is 2.21. The molecule has 3 heteroatoms. The molecule has 2 rings (SSSR count). The highest BCUT2D eigenvalue weighted by molar-refractivity contribution is 5.84. The first-order valence-electron chi connectivity index (χ1n) is 5.67. The van der Waals surface area contributed by atoms with E-state index < -0.39 is 0 Å². The highest BCUT2D eigenvalue weighted by atomic mass is 16.3. The van der Waals surface area contributed by atoms with Gasteiger partial charge in [-0.25, -0.2) is 0 Å². The van der Waals surface area contributed by atoms with Crippen LogP contribution in [0.2, 0.25) is 0 Å². The molecule has 1 heterocycles. The van der Waals surface area contributed by atoms with Gasteiger partial charge in [0.2, 0.25) is 0 Å². The van der Waals surface area contributed by atoms with Crippen LogP contribution in [-0.2, 0) is 13.0 Å². The SMILES string of the molecule is CC(O)Cn1cc(CCN)c2ccccc21. The van der Waals surface area contributed by atoms with Crippen molar-refractivity contribution >= 4 is 10.9 Å². The van der Waals surface area contributed by atoms with Gasteiger partial charge in [-0.2, -0.15) is 0 Å². The topological polar surface area (TPSA) is 51.2 Å². The number of para-hydroxylation sites is 1. The number of aromatic nitrogens is 1. The fourth-order valence-corrected chi connectivity index (χ4v) is 2.11. The van der Waals surface area contributed by atoms with Gasteiger partial charge in [0.15, 0.2) is 0 Å². The average Bonchev–Trinajstić information content (AvgIpc) is 2.58. The molecule has 0 saturated carbocycles. The molecule has 0 radical (unpaired) electrons. The molecule has 0 saturated heterocycles. The van der Waals surface area contributed by atoms with E-state index in [-0.39, 0.29) is 6.10 Å². The van der Waals surface area contributed by atoms with Crippen molar-refractivity contribution < 1.29 is 5.11 Å². The summed E-state index contributed by atoms with van der Waals surface area (Å²) in [6.45, 7) is 3.09. The van der Waals surface area contributed by atoms with Gasteiger partial charge >= 0.3 is 0 Å². The number of fused-ring (bicyclic) bond motifs is 1. The van der Waals surface area contributed by atoms with Gasteiger partial charge in [-0.3, -0.25) is 0 Å². The molecule has 1 aromatic carbocycles. The molecule has 16 heavy (non-hydrogen) atoms. The molecular weight excluding hydrogens is 200 g/mol. The maximum atomic E-state index is 9.46. The van der Waals surface area contributed by atoms with Crippen molar-refractivity contribution in [2.24, 2.45) is 5.73 Å². The second kappa shape index (κ2) is 4.68. The molecule has 1 aromatic heterocycles. The van der Waals surface area contributed by atoms with Crippen molar-refractivity contribution in [1.82, 2.24) is 4.57 Å². The maximum absolute atomic E-state index is 9.46. The third kappa shape index (κ3) is 2.10. The smallest absolute Gasteiger partial charge is 0.0691 e. The van der Waals surface area contributed by atoms with Crippen LogP contribution < -0.4 is 5.73 Å². The Labute approximate surface area is 95.5 Å². The molecule has 0 fully saturated rings. The summed E-state index contributed by atoms with van der Waals surface area (Å²) in [5.41, 5.74) is 8.04. The number of nitrogens with zero attached hydrogens (tertiary/aromatic N) is 1. The Morgan fingerprint density at radius 3 is 2.81 bits per heavy atom. The first-order chi connectivity index (χ1) is 7.72. The average molecular weight is 218 g/mol. The van der Waals surface area contributed by atoms with Crippen LogP contribution >= 0.6 is 0 Å². The molecule has 1 unspecified atom stereocenters. The Morgan fingerprint density at radius 2 is 2.12 bits per heavy atom. The Morgan fingerprint density at radius 1 is 1.38 bits per heavy atom. The summed E-state index contributed by atoms with van der Waals surface area (Å²) in [6, 6.07) is 8.25. The molecule has 86 valence electrons. The van der Waals surface area contributed by atoms with Crippen LogP contribution in [0.4, 0.5) is 0 Å². The molecule has 0 aliphatic heterocycles. The minimum absolute atomic E-state index is 0.332. The van der Waals surface area contributed by atoms with Gasteiger partial charge in [0.25, 0.3) is 0 Å². The molecule has 0 spiro atoms. The van der Waals surface area contributed by atoms with E-state index in [0.717, 1.165) is 6.42 Å². The van der Waals surface area contributed by atoms with Crippen molar-refractivity contribution in [2.45, 2.75) is 26.0 Å². The fraction of sp³-hybridized carbons (Fsp3) is 0.385. The minimum Gasteiger partial charge on any atom is -0.392 e. The summed E-state index contributed by atoms with van der Waals surface area (Å²) in [4.78, 5) is 0. The Balaban J connectivity index is 2.48. The zero-order valence-corrected chi connectivity index (χ0v) is 9.56. The van der Waals surface area contributed by atoms with Crippen LogP contribution in [0.15, 0.2) is 30.5 Å². The fourth-order valence-electron chi connectivity index (χ4n) is 2.11. The van der Waals surface area contributed by atoms with Crippen LogP contribution in [0.1, 0.15) is 12.5 Å². The number of benzene rings is 1. The molecule has 0 bridgehead atoms. The first kappa shape index (κ1) is 11.2. The van der Waals surface area contributed by atoms with Gasteiger partial charge in [0.05, 0.1) is 6.10 Å². The van der Waals surface area contributed by atoms with Crippen molar-refractivity contribution in [3.8, 4) is 0 Å². The quantitative estimate of drug-likeness (QED) is 0.817. The van der Waals surface area contributed by atoms with Gasteiger partial charge < -0.3 is 15.4 Å². The van der Waals surface area contributed by atoms with Crippen molar-refractivity contribution in [3.05, 3.63) is 36.0 Å². The summed E-state index contributed by atoms with van der Waals surface area (Å²) in [5, 5.41) is 10.7. The summed E-state index contributed by atoms with van der Waals surface area (Å²) in [7, 11) is 0. The van der Waals surface area contributed by atoms with E-state index in [4.69, 9.17) is 5.73 Å². The third-order valence-electron chi connectivity index (χ3n) is 2.75. The van der Waals surface area contributed by atoms with Gasteiger partial charge in [-0.1, -0.05) is 18.2 Å². The van der Waals surface area contributed by atoms with Crippen LogP contribution in [0.25, 0.3) is 10.9 Å². The van der Waals surface area contributed by atoms with E-state index in [9.17, 15) is 5.11 Å². The molecule has 2 aromatic rings. The lowest BCUT2D eigenvalue weighted by molar-refractivity contribution is 0.175. The van der Waals surface area contributed by atoms with Gasteiger partial charge in [0.1, 0.15) is 0 Å². The van der Waals surface area contributed by atoms with Gasteiger partial charge in [0, 0.05) is 23.6 Å². The molecule has 3 N–H and O–H groups in total. The predicted octanol–water partition coefficient (Wildman–Crippen LogP) is 1.52. The second-order valence-corrected chi connectivity index (χ2v) is 4.21. The maximum Gasteiger partial charge on any atom is 0.0691 e. The monoisotopic (exact) mass is 218 g/mol. The third-order valence-corrected chi connectivity index (χ3v) is 2.75. The standard InChI is InChI=1S/C13H18N2O/c1-10(16)8-15-9-11(6-7-14)12-4-2-3-5-13(12)15/h2-5,9-10,16H,6-8,14H2,1H3. The highest BCUT2D eigenvalue weighted by Gasteiger charge is 2.08. The number of hydrogen-bond acceptors (Lipinski definition) is 2. The van der Waals surface area contributed by atoms with Crippen molar-refractivity contribution in [1.29, 1.82) is 0 Å². The van der Waals surface area contributed by atoms with Crippen molar-refractivity contribution in [2.75, 3.05) is 6.54 Å². The Hall–Kier alpha value is -1.32. The molecular formula is C13H18N2O. The minimum atomic E-state index is -0.332. The lowest BCUT2D eigenvalue weighted by Gasteiger charge is -2.06. The Bertz CT molecular complexity index is 474. The predicted molar refractivity (Wildman–Crippen MR) is 66.4 cm³/mol. The number of aliphatic hydroxyl groups excluding tert-OH is 1. The van der Waals surface area contributed by atoms with Crippen LogP contribution in [-0.4, -0.2) is 22.3 Å². The van der Waals surface area contributed by atoms with E-state index in [1.54, 1.807) is 6.92 Å². The normalized spacial score (nSPS) is 13.2. The first-order valence-corrected chi connectivity index (χ1v) is 5.67. The summed E-state index contributed by atoms with van der Waals surface area (Å²) in [5.74, 6) is 0. The van der Waals surface area contributed by atoms with Gasteiger partial charge in [-0.15, -0.1) is 0 Å².